The van der Waals surface area contributed by atoms with E-state index in [0.29, 0.717) is 6.42 Å². The van der Waals surface area contributed by atoms with E-state index in [0.717, 1.165) is 32.6 Å². The van der Waals surface area contributed by atoms with E-state index >= 15 is 0 Å². The number of carbonyl (C=O) groups excluding carboxylic acids is 1. The first kappa shape index (κ1) is 20.1. The highest BCUT2D eigenvalue weighted by Gasteiger charge is 2.32. The second kappa shape index (κ2) is 9.09. The predicted molar refractivity (Wildman–Crippen MR) is 123 cm³/mol. The first-order chi connectivity index (χ1) is 14.6. The fourth-order valence-electron chi connectivity index (χ4n) is 3.42. The highest BCUT2D eigenvalue weighted by molar-refractivity contribution is 9.10. The molecule has 4 nitrogen and oxygen atoms in total. The molecule has 1 unspecified atom stereocenters. The summed E-state index contributed by atoms with van der Waals surface area (Å²) in [4.78, 5) is 13.1. The average molecular weight is 461 g/mol. The number of benzene rings is 3. The van der Waals surface area contributed by atoms with E-state index in [1.54, 1.807) is 18.2 Å². The molecule has 0 N–H and O–H groups in total. The van der Waals surface area contributed by atoms with Gasteiger partial charge in [0.2, 0.25) is 0 Å². The topological polar surface area (TPSA) is 41.9 Å². The van der Waals surface area contributed by atoms with E-state index in [4.69, 9.17) is 9.84 Å². The zero-order valence-electron chi connectivity index (χ0n) is 16.5. The summed E-state index contributed by atoms with van der Waals surface area (Å²) in [5.74, 6) is 0.638. The first-order valence-corrected chi connectivity index (χ1v) is 10.5. The zero-order chi connectivity index (χ0) is 20.9. The van der Waals surface area contributed by atoms with Crippen LogP contribution in [-0.4, -0.2) is 23.7 Å². The van der Waals surface area contributed by atoms with Crippen LogP contribution in [0.15, 0.2) is 94.5 Å². The third kappa shape index (κ3) is 4.52. The summed E-state index contributed by atoms with van der Waals surface area (Å²) >= 11 is 3.47. The summed E-state index contributed by atoms with van der Waals surface area (Å²) in [6.45, 7) is 0. The van der Waals surface area contributed by atoms with Gasteiger partial charge in [-0.15, -0.1) is 0 Å². The summed E-state index contributed by atoms with van der Waals surface area (Å²) in [7, 11) is 1.64. The van der Waals surface area contributed by atoms with Crippen LogP contribution in [0.1, 0.15) is 29.2 Å². The number of methoxy groups -OCH3 is 1. The second-order valence-electron chi connectivity index (χ2n) is 6.97. The number of ether oxygens (including phenoxy) is 1. The van der Waals surface area contributed by atoms with Crippen molar-refractivity contribution in [1.29, 1.82) is 0 Å². The van der Waals surface area contributed by atoms with Crippen molar-refractivity contribution >= 4 is 33.6 Å². The smallest absolute Gasteiger partial charge is 0.267 e. The van der Waals surface area contributed by atoms with Crippen molar-refractivity contribution in [3.63, 3.8) is 0 Å². The van der Waals surface area contributed by atoms with Crippen molar-refractivity contribution in [2.24, 2.45) is 5.10 Å². The minimum Gasteiger partial charge on any atom is -0.497 e. The van der Waals surface area contributed by atoms with Crippen LogP contribution in [-0.2, 0) is 4.79 Å². The van der Waals surface area contributed by atoms with E-state index in [-0.39, 0.29) is 11.9 Å². The van der Waals surface area contributed by atoms with Gasteiger partial charge in [0.25, 0.3) is 5.91 Å². The third-order valence-electron chi connectivity index (χ3n) is 5.03. The summed E-state index contributed by atoms with van der Waals surface area (Å²) < 4.78 is 6.28. The van der Waals surface area contributed by atoms with Crippen molar-refractivity contribution in [2.75, 3.05) is 7.11 Å². The average Bonchev–Trinajstić information content (AvgIpc) is 3.24. The van der Waals surface area contributed by atoms with E-state index in [1.165, 1.54) is 0 Å². The lowest BCUT2D eigenvalue weighted by atomic mass is 9.98. The highest BCUT2D eigenvalue weighted by Crippen LogP contribution is 2.34. The van der Waals surface area contributed by atoms with Crippen LogP contribution < -0.4 is 4.74 Å². The minimum absolute atomic E-state index is 0.146. The van der Waals surface area contributed by atoms with Gasteiger partial charge in [0.15, 0.2) is 0 Å². The maximum Gasteiger partial charge on any atom is 0.267 e. The van der Waals surface area contributed by atoms with Crippen LogP contribution in [0.2, 0.25) is 0 Å². The van der Waals surface area contributed by atoms with Crippen LogP contribution in [0, 0.1) is 0 Å². The number of hydrazone groups is 1. The van der Waals surface area contributed by atoms with Gasteiger partial charge in [-0.25, -0.2) is 5.01 Å². The normalized spacial score (nSPS) is 16.0. The van der Waals surface area contributed by atoms with Crippen molar-refractivity contribution in [2.45, 2.75) is 12.5 Å². The summed E-state index contributed by atoms with van der Waals surface area (Å²) in [6, 6.07) is 25.4. The van der Waals surface area contributed by atoms with E-state index in [9.17, 15) is 4.79 Å². The number of nitrogens with zero attached hydrogens (tertiary/aromatic N) is 2. The molecule has 1 heterocycles. The van der Waals surface area contributed by atoms with Crippen LogP contribution in [0.25, 0.3) is 6.08 Å². The predicted octanol–water partition coefficient (Wildman–Crippen LogP) is 5.85. The maximum atomic E-state index is 13.1. The zero-order valence-corrected chi connectivity index (χ0v) is 18.1. The highest BCUT2D eigenvalue weighted by atomic mass is 79.9. The van der Waals surface area contributed by atoms with Gasteiger partial charge in [-0.2, -0.15) is 5.10 Å². The summed E-state index contributed by atoms with van der Waals surface area (Å²) in [5, 5.41) is 6.29. The molecule has 1 amide bonds. The lowest BCUT2D eigenvalue weighted by Gasteiger charge is -2.21. The maximum absolute atomic E-state index is 13.1. The monoisotopic (exact) mass is 460 g/mol. The SMILES string of the molecule is COc1ccc(C2CC(c3ccc(Br)cc3)=NN2C(=O)/C=C/c2ccccc2)cc1. The Morgan fingerprint density at radius 2 is 1.73 bits per heavy atom. The molecular weight excluding hydrogens is 440 g/mol. The number of halogens is 1. The Morgan fingerprint density at radius 3 is 2.40 bits per heavy atom. The van der Waals surface area contributed by atoms with E-state index < -0.39 is 0 Å². The molecule has 0 fully saturated rings. The molecule has 5 heteroatoms. The molecule has 4 rings (SSSR count). The standard InChI is InChI=1S/C25H21BrN2O2/c1-30-22-14-10-20(11-15-22)24-17-23(19-8-12-21(26)13-9-19)27-28(24)25(29)16-7-18-5-3-2-4-6-18/h2-16,24H,17H2,1H3/b16-7+. The van der Waals surface area contributed by atoms with Crippen molar-refractivity contribution < 1.29 is 9.53 Å². The fourth-order valence-corrected chi connectivity index (χ4v) is 3.69. The van der Waals surface area contributed by atoms with E-state index in [2.05, 4.69) is 15.9 Å². The van der Waals surface area contributed by atoms with Gasteiger partial charge < -0.3 is 4.74 Å². The number of hydrogen-bond acceptors (Lipinski definition) is 3. The molecule has 3 aromatic carbocycles. The number of amides is 1. The molecule has 1 aliphatic rings. The molecule has 0 bridgehead atoms. The van der Waals surface area contributed by atoms with Crippen LogP contribution in [0.5, 0.6) is 5.75 Å². The van der Waals surface area contributed by atoms with Gasteiger partial charge in [-0.05, 0) is 47.0 Å². The Morgan fingerprint density at radius 1 is 1.03 bits per heavy atom. The van der Waals surface area contributed by atoms with Gasteiger partial charge in [0.1, 0.15) is 5.75 Å². The lowest BCUT2D eigenvalue weighted by molar-refractivity contribution is -0.127. The second-order valence-corrected chi connectivity index (χ2v) is 7.89. The van der Waals surface area contributed by atoms with Crippen molar-refractivity contribution in [3.05, 3.63) is 106 Å². The Labute approximate surface area is 184 Å². The van der Waals surface area contributed by atoms with Crippen LogP contribution in [0.4, 0.5) is 0 Å². The molecular formula is C25H21BrN2O2. The molecule has 1 aliphatic heterocycles. The van der Waals surface area contributed by atoms with Gasteiger partial charge in [0, 0.05) is 17.0 Å². The van der Waals surface area contributed by atoms with Gasteiger partial charge in [0.05, 0.1) is 18.9 Å². The largest absolute Gasteiger partial charge is 0.497 e. The molecule has 150 valence electrons. The molecule has 30 heavy (non-hydrogen) atoms. The Balaban J connectivity index is 1.64. The number of rotatable bonds is 5. The van der Waals surface area contributed by atoms with Gasteiger partial charge >= 0.3 is 0 Å². The summed E-state index contributed by atoms with van der Waals surface area (Å²) in [5.41, 5.74) is 3.90. The fraction of sp³-hybridized carbons (Fsp3) is 0.120. The van der Waals surface area contributed by atoms with Crippen LogP contribution in [0.3, 0.4) is 0 Å². The Bertz CT molecular complexity index is 1070. The molecule has 0 radical (unpaired) electrons. The number of hydrogen-bond donors (Lipinski definition) is 0. The molecule has 0 saturated carbocycles. The van der Waals surface area contributed by atoms with Crippen molar-refractivity contribution in [3.8, 4) is 5.75 Å². The molecule has 3 aromatic rings. The summed E-state index contributed by atoms with van der Waals surface area (Å²) in [6.07, 6.45) is 4.05. The van der Waals surface area contributed by atoms with Gasteiger partial charge in [-0.3, -0.25) is 4.79 Å². The molecule has 1 atom stereocenters. The third-order valence-corrected chi connectivity index (χ3v) is 5.56. The molecule has 0 aliphatic carbocycles. The Kier molecular flexibility index (Phi) is 6.10. The molecule has 0 spiro atoms. The lowest BCUT2D eigenvalue weighted by Crippen LogP contribution is -2.25. The first-order valence-electron chi connectivity index (χ1n) is 9.68. The van der Waals surface area contributed by atoms with Gasteiger partial charge in [-0.1, -0.05) is 70.5 Å². The van der Waals surface area contributed by atoms with Crippen LogP contribution >= 0.6 is 15.9 Å². The van der Waals surface area contributed by atoms with Crippen molar-refractivity contribution in [1.82, 2.24) is 5.01 Å². The molecule has 0 saturated heterocycles. The quantitative estimate of drug-likeness (QED) is 0.448. The van der Waals surface area contributed by atoms with E-state index in [1.807, 2.05) is 84.9 Å². The Hall–Kier alpha value is -3.18. The molecule has 0 aromatic heterocycles. The number of carbonyl (C=O) groups is 1. The minimum atomic E-state index is -0.164.